The third-order valence-electron chi connectivity index (χ3n) is 6.27. The van der Waals surface area contributed by atoms with Gasteiger partial charge in [0.1, 0.15) is 17.5 Å². The van der Waals surface area contributed by atoms with E-state index < -0.39 is 23.0 Å². The van der Waals surface area contributed by atoms with Crippen molar-refractivity contribution in [1.82, 2.24) is 5.32 Å². The number of likely N-dealkylation sites (N-methyl/N-ethyl adjacent to an activating group) is 1. The van der Waals surface area contributed by atoms with E-state index in [2.05, 4.69) is 17.2 Å². The summed E-state index contributed by atoms with van der Waals surface area (Å²) in [6.45, 7) is 7.69. The van der Waals surface area contributed by atoms with Crippen LogP contribution in [0.2, 0.25) is 0 Å². The average molecular weight is 424 g/mol. The average Bonchev–Trinajstić information content (AvgIpc) is 2.69. The van der Waals surface area contributed by atoms with Crippen molar-refractivity contribution in [2.24, 2.45) is 5.41 Å². The first-order chi connectivity index (χ1) is 14.7. The van der Waals surface area contributed by atoms with Gasteiger partial charge in [-0.05, 0) is 74.3 Å². The van der Waals surface area contributed by atoms with Crippen molar-refractivity contribution in [2.45, 2.75) is 78.6 Å². The lowest BCUT2D eigenvalue weighted by Gasteiger charge is -2.39. The predicted octanol–water partition coefficient (Wildman–Crippen LogP) is 3.96. The first kappa shape index (κ1) is 24.5. The van der Waals surface area contributed by atoms with Crippen LogP contribution in [0.1, 0.15) is 87.0 Å². The van der Waals surface area contributed by atoms with E-state index in [1.807, 2.05) is 32.9 Å². The van der Waals surface area contributed by atoms with Crippen LogP contribution in [0.25, 0.3) is 0 Å². The molecule has 1 fully saturated rings. The van der Waals surface area contributed by atoms with Crippen LogP contribution in [0.5, 0.6) is 0 Å². The Morgan fingerprint density at radius 3 is 2.16 bits per heavy atom. The van der Waals surface area contributed by atoms with E-state index in [-0.39, 0.29) is 18.0 Å². The smallest absolute Gasteiger partial charge is 0.287 e. The van der Waals surface area contributed by atoms with E-state index in [9.17, 15) is 19.2 Å². The predicted molar refractivity (Wildman–Crippen MR) is 121 cm³/mol. The Morgan fingerprint density at radius 2 is 1.68 bits per heavy atom. The van der Waals surface area contributed by atoms with Crippen LogP contribution in [0.4, 0.5) is 0 Å². The Balaban J connectivity index is 2.24. The van der Waals surface area contributed by atoms with E-state index in [1.54, 1.807) is 6.92 Å². The number of hydrogen-bond acceptors (Lipinski definition) is 4. The van der Waals surface area contributed by atoms with Crippen molar-refractivity contribution < 1.29 is 19.2 Å². The second-order valence-corrected chi connectivity index (χ2v) is 8.72. The van der Waals surface area contributed by atoms with Gasteiger partial charge in [-0.15, -0.1) is 5.92 Å². The monoisotopic (exact) mass is 423 g/mol. The minimum Gasteiger partial charge on any atom is -0.353 e. The summed E-state index contributed by atoms with van der Waals surface area (Å²) in [5.74, 6) is 4.07. The second kappa shape index (κ2) is 10.5. The van der Waals surface area contributed by atoms with Gasteiger partial charge in [0.25, 0.3) is 5.91 Å². The Morgan fingerprint density at radius 1 is 1.10 bits per heavy atom. The molecule has 166 valence electrons. The lowest BCUT2D eigenvalue weighted by Crippen LogP contribution is -2.40. The minimum absolute atomic E-state index is 0.0390. The number of hydrogen-bond donors (Lipinski definition) is 1. The molecule has 1 amide bonds. The summed E-state index contributed by atoms with van der Waals surface area (Å²) in [4.78, 5) is 49.9. The standard InChI is InChI=1S/C26H33NO4/c1-6-9-19-13-17(3)23(18(4)14-19)24-21(29)15-26(11-7-2,16-22(24)30)12-8-10-20(28)25(31)27-5/h13-14,24H,7-8,10-12,15-16H2,1-5H3,(H,27,31). The SMILES string of the molecule is CC#Cc1cc(C)c(C2C(=O)CC(CCC)(CCCC(=O)C(=O)NC)CC2=O)c(C)c1. The summed E-state index contributed by atoms with van der Waals surface area (Å²) in [7, 11) is 1.43. The highest BCUT2D eigenvalue weighted by molar-refractivity contribution is 6.36. The van der Waals surface area contributed by atoms with E-state index in [0.29, 0.717) is 25.7 Å². The summed E-state index contributed by atoms with van der Waals surface area (Å²) in [5, 5.41) is 2.34. The molecule has 1 saturated carbocycles. The van der Waals surface area contributed by atoms with Crippen LogP contribution in [-0.4, -0.2) is 30.3 Å². The molecule has 0 radical (unpaired) electrons. The van der Waals surface area contributed by atoms with Crippen LogP contribution in [-0.2, 0) is 19.2 Å². The number of carbonyl (C=O) groups excluding carboxylic acids is 4. The molecule has 0 spiro atoms. The van der Waals surface area contributed by atoms with Crippen LogP contribution >= 0.6 is 0 Å². The molecule has 0 bridgehead atoms. The number of Topliss-reactive ketones (excluding diaryl/α,β-unsaturated/α-hetero) is 3. The topological polar surface area (TPSA) is 80.3 Å². The van der Waals surface area contributed by atoms with E-state index in [4.69, 9.17) is 0 Å². The maximum absolute atomic E-state index is 13.3. The van der Waals surface area contributed by atoms with Gasteiger partial charge in [-0.2, -0.15) is 0 Å². The minimum atomic E-state index is -0.721. The molecule has 0 unspecified atom stereocenters. The van der Waals surface area contributed by atoms with Crippen molar-refractivity contribution in [3.8, 4) is 11.8 Å². The van der Waals surface area contributed by atoms with Crippen LogP contribution in [0.15, 0.2) is 12.1 Å². The number of amides is 1. The normalized spacial score (nSPS) is 20.7. The highest BCUT2D eigenvalue weighted by Gasteiger charge is 2.45. The Bertz CT molecular complexity index is 907. The number of rotatable bonds is 8. The molecular formula is C26H33NO4. The highest BCUT2D eigenvalue weighted by atomic mass is 16.2. The summed E-state index contributed by atoms with van der Waals surface area (Å²) in [6, 6.07) is 3.88. The summed E-state index contributed by atoms with van der Waals surface area (Å²) < 4.78 is 0. The van der Waals surface area contributed by atoms with Gasteiger partial charge in [-0.1, -0.05) is 19.3 Å². The van der Waals surface area contributed by atoms with Gasteiger partial charge in [-0.3, -0.25) is 19.2 Å². The number of ketones is 3. The number of benzene rings is 1. The first-order valence-corrected chi connectivity index (χ1v) is 11.0. The van der Waals surface area contributed by atoms with Gasteiger partial charge in [0.05, 0.1) is 0 Å². The number of aryl methyl sites for hydroxylation is 2. The van der Waals surface area contributed by atoms with E-state index in [1.165, 1.54) is 7.05 Å². The Labute approximate surface area is 185 Å². The second-order valence-electron chi connectivity index (χ2n) is 8.72. The zero-order valence-corrected chi connectivity index (χ0v) is 19.3. The van der Waals surface area contributed by atoms with Crippen molar-refractivity contribution in [3.05, 3.63) is 34.4 Å². The molecule has 1 aliphatic rings. The zero-order chi connectivity index (χ0) is 23.2. The Kier molecular flexibility index (Phi) is 8.33. The maximum Gasteiger partial charge on any atom is 0.287 e. The van der Waals surface area contributed by atoms with E-state index >= 15 is 0 Å². The third-order valence-corrected chi connectivity index (χ3v) is 6.27. The number of carbonyl (C=O) groups is 4. The third kappa shape index (κ3) is 5.70. The van der Waals surface area contributed by atoms with E-state index in [0.717, 1.165) is 35.1 Å². The highest BCUT2D eigenvalue weighted by Crippen LogP contribution is 2.46. The van der Waals surface area contributed by atoms with Crippen LogP contribution < -0.4 is 5.32 Å². The molecule has 0 aromatic heterocycles. The van der Waals surface area contributed by atoms with Crippen molar-refractivity contribution >= 4 is 23.3 Å². The summed E-state index contributed by atoms with van der Waals surface area (Å²) in [5.41, 5.74) is 3.12. The lowest BCUT2D eigenvalue weighted by molar-refractivity contribution is -0.138. The van der Waals surface area contributed by atoms with Gasteiger partial charge in [0, 0.05) is 31.9 Å². The fourth-order valence-electron chi connectivity index (χ4n) is 5.04. The molecule has 0 atom stereocenters. The molecule has 1 aromatic carbocycles. The fraction of sp³-hybridized carbons (Fsp3) is 0.538. The van der Waals surface area contributed by atoms with Crippen molar-refractivity contribution in [2.75, 3.05) is 7.05 Å². The fourth-order valence-corrected chi connectivity index (χ4v) is 5.04. The molecule has 5 heteroatoms. The molecule has 0 heterocycles. The van der Waals surface area contributed by atoms with Gasteiger partial charge in [-0.25, -0.2) is 0 Å². The molecular weight excluding hydrogens is 390 g/mol. The van der Waals surface area contributed by atoms with Crippen molar-refractivity contribution in [1.29, 1.82) is 0 Å². The van der Waals surface area contributed by atoms with Crippen molar-refractivity contribution in [3.63, 3.8) is 0 Å². The molecule has 0 saturated heterocycles. The molecule has 1 aromatic rings. The van der Waals surface area contributed by atoms with Crippen LogP contribution in [0.3, 0.4) is 0 Å². The first-order valence-electron chi connectivity index (χ1n) is 11.0. The molecule has 31 heavy (non-hydrogen) atoms. The molecule has 1 aliphatic carbocycles. The maximum atomic E-state index is 13.3. The molecule has 5 nitrogen and oxygen atoms in total. The lowest BCUT2D eigenvalue weighted by atomic mass is 9.63. The quantitative estimate of drug-likeness (QED) is 0.390. The Hall–Kier alpha value is -2.74. The largest absolute Gasteiger partial charge is 0.353 e. The molecule has 2 rings (SSSR count). The number of nitrogens with one attached hydrogen (secondary N) is 1. The van der Waals surface area contributed by atoms with Gasteiger partial charge >= 0.3 is 0 Å². The van der Waals surface area contributed by atoms with Gasteiger partial charge in [0.2, 0.25) is 5.78 Å². The molecule has 1 N–H and O–H groups in total. The summed E-state index contributed by atoms with van der Waals surface area (Å²) in [6.07, 6.45) is 3.51. The zero-order valence-electron chi connectivity index (χ0n) is 19.3. The van der Waals surface area contributed by atoms with Gasteiger partial charge < -0.3 is 5.32 Å². The van der Waals surface area contributed by atoms with Crippen LogP contribution in [0, 0.1) is 31.1 Å². The summed E-state index contributed by atoms with van der Waals surface area (Å²) >= 11 is 0. The van der Waals surface area contributed by atoms with Gasteiger partial charge in [0.15, 0.2) is 0 Å². The molecule has 0 aliphatic heterocycles.